The van der Waals surface area contributed by atoms with Crippen LogP contribution >= 0.6 is 0 Å². The lowest BCUT2D eigenvalue weighted by molar-refractivity contribution is -0.138. The minimum Gasteiger partial charge on any atom is -0.294 e. The Bertz CT molecular complexity index is 732. The van der Waals surface area contributed by atoms with Crippen molar-refractivity contribution in [3.8, 4) is 0 Å². The highest BCUT2D eigenvalue weighted by Crippen LogP contribution is 2.32. The van der Waals surface area contributed by atoms with Crippen LogP contribution in [-0.4, -0.2) is 5.78 Å². The summed E-state index contributed by atoms with van der Waals surface area (Å²) >= 11 is 0. The maximum absolute atomic E-state index is 13.1. The van der Waals surface area contributed by atoms with Gasteiger partial charge in [-0.05, 0) is 52.8 Å². The normalized spacial score (nSPS) is 12.0. The van der Waals surface area contributed by atoms with E-state index in [4.69, 9.17) is 0 Å². The Kier molecular flexibility index (Phi) is 5.71. The molecule has 133 valence electrons. The number of hydrogen-bond donors (Lipinski definition) is 0. The Hall–Kier alpha value is -2.10. The summed E-state index contributed by atoms with van der Waals surface area (Å²) in [7, 11) is 0. The predicted molar refractivity (Wildman–Crippen MR) is 92.9 cm³/mol. The molecule has 4 heteroatoms. The fraction of sp³-hybridized carbons (Fsp3) is 0.381. The molecule has 0 N–H and O–H groups in total. The van der Waals surface area contributed by atoms with Gasteiger partial charge in [0.25, 0.3) is 0 Å². The molecule has 0 atom stereocenters. The number of carbonyl (C=O) groups excluding carboxylic acids is 1. The third-order valence-corrected chi connectivity index (χ3v) is 4.15. The number of benzene rings is 2. The van der Waals surface area contributed by atoms with Gasteiger partial charge >= 0.3 is 6.18 Å². The van der Waals surface area contributed by atoms with Gasteiger partial charge < -0.3 is 0 Å². The first kappa shape index (κ1) is 19.2. The summed E-state index contributed by atoms with van der Waals surface area (Å²) in [4.78, 5) is 12.7. The van der Waals surface area contributed by atoms with E-state index in [9.17, 15) is 18.0 Å². The summed E-state index contributed by atoms with van der Waals surface area (Å²) in [5, 5.41) is 0. The van der Waals surface area contributed by atoms with E-state index in [-0.39, 0.29) is 29.6 Å². The van der Waals surface area contributed by atoms with Gasteiger partial charge in [-0.1, -0.05) is 45.9 Å². The smallest absolute Gasteiger partial charge is 0.294 e. The Balaban J connectivity index is 2.39. The second-order valence-electron chi connectivity index (χ2n) is 6.84. The second-order valence-corrected chi connectivity index (χ2v) is 6.84. The molecule has 2 rings (SSSR count). The van der Waals surface area contributed by atoms with Gasteiger partial charge in [0.2, 0.25) is 0 Å². The van der Waals surface area contributed by atoms with Crippen LogP contribution in [0.4, 0.5) is 13.2 Å². The highest BCUT2D eigenvalue weighted by atomic mass is 19.4. The summed E-state index contributed by atoms with van der Waals surface area (Å²) in [6.07, 6.45) is -4.73. The van der Waals surface area contributed by atoms with E-state index in [1.54, 1.807) is 12.1 Å². The van der Waals surface area contributed by atoms with Crippen molar-refractivity contribution in [2.24, 2.45) is 0 Å². The number of Topliss-reactive ketones (excluding diaryl/α,β-unsaturated/α-hetero) is 1. The molecule has 0 saturated heterocycles. The molecule has 0 aromatic heterocycles. The van der Waals surface area contributed by atoms with Crippen molar-refractivity contribution in [3.63, 3.8) is 0 Å². The van der Waals surface area contributed by atoms with Crippen molar-refractivity contribution in [1.82, 2.24) is 0 Å². The topological polar surface area (TPSA) is 17.1 Å². The van der Waals surface area contributed by atoms with Crippen LogP contribution < -0.4 is 0 Å². The Labute approximate surface area is 146 Å². The molecule has 0 unspecified atom stereocenters. The molecule has 2 aromatic rings. The minimum atomic E-state index is -4.46. The summed E-state index contributed by atoms with van der Waals surface area (Å²) in [5.74, 6) is 0.0647. The highest BCUT2D eigenvalue weighted by Gasteiger charge is 2.33. The minimum absolute atomic E-state index is 0.00465. The van der Waals surface area contributed by atoms with E-state index in [0.29, 0.717) is 5.56 Å². The lowest BCUT2D eigenvalue weighted by Gasteiger charge is -2.15. The summed E-state index contributed by atoms with van der Waals surface area (Å²) < 4.78 is 39.4. The number of alkyl halides is 3. The number of hydrogen-bond acceptors (Lipinski definition) is 1. The molecule has 0 spiro atoms. The van der Waals surface area contributed by atoms with Crippen molar-refractivity contribution < 1.29 is 18.0 Å². The molecule has 0 fully saturated rings. The van der Waals surface area contributed by atoms with E-state index in [2.05, 4.69) is 6.07 Å². The van der Waals surface area contributed by atoms with Crippen LogP contribution in [0.1, 0.15) is 72.1 Å². The first-order valence-corrected chi connectivity index (χ1v) is 8.35. The average molecular weight is 347 g/mol. The van der Waals surface area contributed by atoms with Crippen LogP contribution in [0.5, 0.6) is 0 Å². The average Bonchev–Trinajstić information content (AvgIpc) is 2.53. The van der Waals surface area contributed by atoms with Gasteiger partial charge in [0.15, 0.2) is 5.78 Å². The van der Waals surface area contributed by atoms with Gasteiger partial charge in [-0.3, -0.25) is 4.79 Å². The van der Waals surface area contributed by atoms with Crippen molar-refractivity contribution in [2.75, 3.05) is 0 Å². The third-order valence-electron chi connectivity index (χ3n) is 4.15. The standard InChI is InChI=1S/C21H22F3O/c1-13(2)16-9-17(14(3)4)11-18(10-16)20(25)12-15-7-5-6-8-19(15)21(22,23)24/h5-8,10-11,13-14H,12H2,1-4H3. The maximum Gasteiger partial charge on any atom is 0.416 e. The van der Waals surface area contributed by atoms with Crippen LogP contribution in [0.15, 0.2) is 36.4 Å². The van der Waals surface area contributed by atoms with Gasteiger partial charge in [0, 0.05) is 12.0 Å². The molecule has 2 aromatic carbocycles. The van der Waals surface area contributed by atoms with Crippen molar-refractivity contribution in [3.05, 3.63) is 70.3 Å². The number of rotatable bonds is 5. The summed E-state index contributed by atoms with van der Waals surface area (Å²) in [6.45, 7) is 8.01. The quantitative estimate of drug-likeness (QED) is 0.590. The van der Waals surface area contributed by atoms with Gasteiger partial charge in [-0.25, -0.2) is 0 Å². The van der Waals surface area contributed by atoms with E-state index in [0.717, 1.165) is 17.2 Å². The fourth-order valence-electron chi connectivity index (χ4n) is 2.62. The molecule has 1 nitrogen and oxygen atoms in total. The zero-order chi connectivity index (χ0) is 18.8. The SMILES string of the molecule is CC(C)c1[c]c(C(C)C)cc(C(=O)Cc2ccccc2C(F)(F)F)c1. The monoisotopic (exact) mass is 347 g/mol. The lowest BCUT2D eigenvalue weighted by atomic mass is 9.90. The van der Waals surface area contributed by atoms with Gasteiger partial charge in [-0.2, -0.15) is 13.2 Å². The third kappa shape index (κ3) is 4.71. The van der Waals surface area contributed by atoms with Gasteiger partial charge in [-0.15, -0.1) is 0 Å². The Morgan fingerprint density at radius 1 is 1.00 bits per heavy atom. The molecule has 0 aliphatic heterocycles. The first-order valence-electron chi connectivity index (χ1n) is 8.35. The highest BCUT2D eigenvalue weighted by molar-refractivity contribution is 5.98. The van der Waals surface area contributed by atoms with Crippen LogP contribution in [0, 0.1) is 6.07 Å². The van der Waals surface area contributed by atoms with E-state index in [1.165, 1.54) is 18.2 Å². The van der Waals surface area contributed by atoms with E-state index >= 15 is 0 Å². The van der Waals surface area contributed by atoms with E-state index in [1.807, 2.05) is 27.7 Å². The molecule has 1 radical (unpaired) electrons. The first-order chi connectivity index (χ1) is 11.6. The van der Waals surface area contributed by atoms with Gasteiger partial charge in [0.1, 0.15) is 0 Å². The molecule has 0 heterocycles. The number of halogens is 3. The molecule has 0 amide bonds. The lowest BCUT2D eigenvalue weighted by Crippen LogP contribution is -2.13. The van der Waals surface area contributed by atoms with Crippen LogP contribution in [-0.2, 0) is 12.6 Å². The molecule has 0 aliphatic carbocycles. The predicted octanol–water partition coefficient (Wildman–Crippen LogP) is 6.18. The van der Waals surface area contributed by atoms with Crippen LogP contribution in [0.2, 0.25) is 0 Å². The summed E-state index contributed by atoms with van der Waals surface area (Å²) in [6, 6.07) is 12.0. The van der Waals surface area contributed by atoms with Crippen molar-refractivity contribution in [1.29, 1.82) is 0 Å². The maximum atomic E-state index is 13.1. The molecular formula is C21H22F3O. The second kappa shape index (κ2) is 7.42. The molecule has 25 heavy (non-hydrogen) atoms. The number of carbonyl (C=O) groups is 1. The van der Waals surface area contributed by atoms with Crippen LogP contribution in [0.25, 0.3) is 0 Å². The van der Waals surface area contributed by atoms with Crippen molar-refractivity contribution >= 4 is 5.78 Å². The molecule has 0 aliphatic rings. The zero-order valence-corrected chi connectivity index (χ0v) is 14.9. The number of ketones is 1. The zero-order valence-electron chi connectivity index (χ0n) is 14.9. The Morgan fingerprint density at radius 2 is 1.52 bits per heavy atom. The molecular weight excluding hydrogens is 325 g/mol. The molecule has 0 bridgehead atoms. The Morgan fingerprint density at radius 3 is 2.00 bits per heavy atom. The summed E-state index contributed by atoms with van der Waals surface area (Å²) in [5.41, 5.74) is 1.50. The fourth-order valence-corrected chi connectivity index (χ4v) is 2.62. The van der Waals surface area contributed by atoms with Crippen LogP contribution in [0.3, 0.4) is 0 Å². The molecule has 0 saturated carbocycles. The van der Waals surface area contributed by atoms with E-state index < -0.39 is 11.7 Å². The van der Waals surface area contributed by atoms with Crippen molar-refractivity contribution in [2.45, 2.75) is 52.1 Å². The largest absolute Gasteiger partial charge is 0.416 e. The van der Waals surface area contributed by atoms with Gasteiger partial charge in [0.05, 0.1) is 5.56 Å².